The van der Waals surface area contributed by atoms with E-state index in [1.165, 1.54) is 6.92 Å². The average Bonchev–Trinajstić information content (AvgIpc) is 3.12. The molecule has 2 amide bonds. The van der Waals surface area contributed by atoms with Crippen molar-refractivity contribution >= 4 is 17.5 Å². The van der Waals surface area contributed by atoms with Crippen molar-refractivity contribution in [3.63, 3.8) is 0 Å². The number of hydrogen-bond donors (Lipinski definition) is 2. The first kappa shape index (κ1) is 19.0. The third-order valence-corrected chi connectivity index (χ3v) is 3.81. The van der Waals surface area contributed by atoms with Gasteiger partial charge in [0.15, 0.2) is 11.5 Å². The van der Waals surface area contributed by atoms with Crippen molar-refractivity contribution in [3.05, 3.63) is 60.3 Å². The molecule has 0 atom stereocenters. The molecule has 0 aliphatic rings. The van der Waals surface area contributed by atoms with Gasteiger partial charge in [-0.1, -0.05) is 0 Å². The highest BCUT2D eigenvalue weighted by Crippen LogP contribution is 2.16. The van der Waals surface area contributed by atoms with Gasteiger partial charge in [0, 0.05) is 25.0 Å². The zero-order valence-electron chi connectivity index (χ0n) is 15.5. The zero-order valence-corrected chi connectivity index (χ0v) is 15.5. The molecule has 2 heterocycles. The number of ether oxygens (including phenoxy) is 1. The third-order valence-electron chi connectivity index (χ3n) is 3.81. The Morgan fingerprint density at radius 2 is 1.89 bits per heavy atom. The number of imidazole rings is 1. The van der Waals surface area contributed by atoms with E-state index in [1.807, 2.05) is 6.92 Å². The van der Waals surface area contributed by atoms with Gasteiger partial charge in [-0.25, -0.2) is 4.98 Å². The maximum absolute atomic E-state index is 12.3. The number of benzene rings is 1. The molecule has 144 valence electrons. The second-order valence-corrected chi connectivity index (χ2v) is 5.93. The number of nitrogens with zero attached hydrogens (tertiary/aromatic N) is 4. The lowest BCUT2D eigenvalue weighted by Crippen LogP contribution is -2.25. The highest BCUT2D eigenvalue weighted by molar-refractivity contribution is 6.02. The lowest BCUT2D eigenvalue weighted by atomic mass is 10.3. The first-order valence-electron chi connectivity index (χ1n) is 8.65. The van der Waals surface area contributed by atoms with Crippen molar-refractivity contribution in [2.24, 2.45) is 0 Å². The highest BCUT2D eigenvalue weighted by Gasteiger charge is 2.10. The quantitative estimate of drug-likeness (QED) is 0.604. The molecule has 28 heavy (non-hydrogen) atoms. The van der Waals surface area contributed by atoms with Crippen LogP contribution < -0.4 is 15.4 Å². The summed E-state index contributed by atoms with van der Waals surface area (Å²) in [6, 6.07) is 10.2. The molecule has 0 aliphatic heterocycles. The van der Waals surface area contributed by atoms with Crippen molar-refractivity contribution in [3.8, 4) is 11.6 Å². The van der Waals surface area contributed by atoms with Crippen LogP contribution in [-0.4, -0.2) is 44.7 Å². The van der Waals surface area contributed by atoms with Gasteiger partial charge in [0.1, 0.15) is 18.2 Å². The average molecular weight is 380 g/mol. The maximum atomic E-state index is 12.3. The molecule has 0 fully saturated rings. The Morgan fingerprint density at radius 3 is 2.50 bits per heavy atom. The summed E-state index contributed by atoms with van der Waals surface area (Å²) in [6.45, 7) is 4.11. The van der Waals surface area contributed by atoms with E-state index in [9.17, 15) is 9.59 Å². The summed E-state index contributed by atoms with van der Waals surface area (Å²) < 4.78 is 7.28. The molecule has 3 rings (SSSR count). The molecular formula is C19H20N6O3. The Labute approximate surface area is 161 Å². The second-order valence-electron chi connectivity index (χ2n) is 5.93. The van der Waals surface area contributed by atoms with Crippen molar-refractivity contribution in [2.75, 3.05) is 18.5 Å². The van der Waals surface area contributed by atoms with Crippen molar-refractivity contribution < 1.29 is 14.3 Å². The number of nitrogens with one attached hydrogen (secondary N) is 2. The van der Waals surface area contributed by atoms with Crippen LogP contribution in [0.1, 0.15) is 23.2 Å². The molecule has 0 saturated heterocycles. The molecule has 2 N–H and O–H groups in total. The van der Waals surface area contributed by atoms with E-state index < -0.39 is 0 Å². The Bertz CT molecular complexity index is 951. The molecule has 9 nitrogen and oxygen atoms in total. The summed E-state index contributed by atoms with van der Waals surface area (Å²) in [5.41, 5.74) is 0.813. The minimum atomic E-state index is -0.360. The maximum Gasteiger partial charge on any atom is 0.276 e. The number of carbonyl (C=O) groups is 2. The van der Waals surface area contributed by atoms with Gasteiger partial charge in [-0.3, -0.25) is 14.2 Å². The van der Waals surface area contributed by atoms with E-state index in [1.54, 1.807) is 53.4 Å². The van der Waals surface area contributed by atoms with Crippen molar-refractivity contribution in [1.82, 2.24) is 25.1 Å². The number of aromatic nitrogens is 4. The first-order chi connectivity index (χ1) is 13.5. The van der Waals surface area contributed by atoms with Gasteiger partial charge in [0.2, 0.25) is 5.91 Å². The van der Waals surface area contributed by atoms with Gasteiger partial charge < -0.3 is 15.4 Å². The Morgan fingerprint density at radius 1 is 1.11 bits per heavy atom. The minimum absolute atomic E-state index is 0.0991. The van der Waals surface area contributed by atoms with Crippen LogP contribution in [-0.2, 0) is 4.79 Å². The van der Waals surface area contributed by atoms with E-state index in [2.05, 4.69) is 25.8 Å². The smallest absolute Gasteiger partial charge is 0.276 e. The third kappa shape index (κ3) is 4.91. The topological polar surface area (TPSA) is 111 Å². The zero-order chi connectivity index (χ0) is 19.9. The largest absolute Gasteiger partial charge is 0.492 e. The van der Waals surface area contributed by atoms with E-state index in [0.717, 1.165) is 5.82 Å². The molecule has 0 saturated carbocycles. The normalized spacial score (nSPS) is 10.4. The van der Waals surface area contributed by atoms with Crippen LogP contribution >= 0.6 is 0 Å². The summed E-state index contributed by atoms with van der Waals surface area (Å²) in [5, 5.41) is 13.5. The summed E-state index contributed by atoms with van der Waals surface area (Å²) in [7, 11) is 0. The molecule has 0 radical (unpaired) electrons. The van der Waals surface area contributed by atoms with Gasteiger partial charge in [-0.2, -0.15) is 0 Å². The second kappa shape index (κ2) is 8.76. The lowest BCUT2D eigenvalue weighted by molar-refractivity contribution is -0.119. The summed E-state index contributed by atoms with van der Waals surface area (Å²) >= 11 is 0. The van der Waals surface area contributed by atoms with Crippen LogP contribution in [0.4, 0.5) is 5.69 Å². The van der Waals surface area contributed by atoms with Crippen LogP contribution in [0.2, 0.25) is 0 Å². The van der Waals surface area contributed by atoms with E-state index in [4.69, 9.17) is 4.74 Å². The first-order valence-corrected chi connectivity index (χ1v) is 8.65. The summed E-state index contributed by atoms with van der Waals surface area (Å²) in [4.78, 5) is 27.3. The van der Waals surface area contributed by atoms with E-state index >= 15 is 0 Å². The number of anilines is 1. The minimum Gasteiger partial charge on any atom is -0.492 e. The highest BCUT2D eigenvalue weighted by atomic mass is 16.5. The van der Waals surface area contributed by atoms with Gasteiger partial charge >= 0.3 is 0 Å². The van der Waals surface area contributed by atoms with Crippen LogP contribution in [0.3, 0.4) is 0 Å². The summed E-state index contributed by atoms with van der Waals surface area (Å²) in [5.74, 6) is 1.56. The van der Waals surface area contributed by atoms with Gasteiger partial charge in [-0.05, 0) is 43.3 Å². The Kier molecular flexibility index (Phi) is 5.95. The van der Waals surface area contributed by atoms with Crippen LogP contribution in [0, 0.1) is 6.92 Å². The molecule has 0 unspecified atom stereocenters. The molecular weight excluding hydrogens is 360 g/mol. The number of hydrogen-bond acceptors (Lipinski definition) is 6. The van der Waals surface area contributed by atoms with Crippen LogP contribution in [0.15, 0.2) is 48.8 Å². The monoisotopic (exact) mass is 380 g/mol. The molecule has 9 heteroatoms. The number of carbonyl (C=O) groups excluding carboxylic acids is 2. The molecule has 1 aromatic carbocycles. The Hall–Kier alpha value is -3.75. The fourth-order valence-electron chi connectivity index (χ4n) is 2.42. The Balaban J connectivity index is 1.55. The predicted octanol–water partition coefficient (Wildman–Crippen LogP) is 1.74. The molecule has 0 bridgehead atoms. The van der Waals surface area contributed by atoms with Gasteiger partial charge in [0.05, 0.1) is 6.54 Å². The number of rotatable bonds is 7. The van der Waals surface area contributed by atoms with Crippen molar-refractivity contribution in [1.29, 1.82) is 0 Å². The van der Waals surface area contributed by atoms with Crippen LogP contribution in [0.25, 0.3) is 5.82 Å². The van der Waals surface area contributed by atoms with Crippen LogP contribution in [0.5, 0.6) is 5.75 Å². The number of amides is 2. The van der Waals surface area contributed by atoms with Gasteiger partial charge in [-0.15, -0.1) is 10.2 Å². The molecule has 0 aliphatic carbocycles. The molecule has 2 aromatic heterocycles. The van der Waals surface area contributed by atoms with E-state index in [-0.39, 0.29) is 17.5 Å². The van der Waals surface area contributed by atoms with E-state index in [0.29, 0.717) is 30.4 Å². The molecule has 0 spiro atoms. The standard InChI is InChI=1S/C19H20N6O3/c1-13-20-9-11-25(13)18-8-7-17(23-24-18)19(27)22-15-3-5-16(6-4-15)28-12-10-21-14(2)26/h3-9,11H,10,12H2,1-2H3,(H,21,26)(H,22,27). The number of aryl methyl sites for hydroxylation is 1. The van der Waals surface area contributed by atoms with Gasteiger partial charge in [0.25, 0.3) is 5.91 Å². The fraction of sp³-hybridized carbons (Fsp3) is 0.211. The molecule has 3 aromatic rings. The predicted molar refractivity (Wildman–Crippen MR) is 102 cm³/mol. The fourth-order valence-corrected chi connectivity index (χ4v) is 2.42. The summed E-state index contributed by atoms with van der Waals surface area (Å²) in [6.07, 6.45) is 3.45. The SMILES string of the molecule is CC(=O)NCCOc1ccc(NC(=O)c2ccc(-n3ccnc3C)nn2)cc1. The van der Waals surface area contributed by atoms with Crippen molar-refractivity contribution in [2.45, 2.75) is 13.8 Å². The lowest BCUT2D eigenvalue weighted by Gasteiger charge is -2.09.